The largest absolute Gasteiger partial charge is 0.497 e. The summed E-state index contributed by atoms with van der Waals surface area (Å²) in [4.78, 5) is 13.0. The lowest BCUT2D eigenvalue weighted by Gasteiger charge is -2.08. The number of ether oxygens (including phenoxy) is 1. The van der Waals surface area contributed by atoms with Crippen LogP contribution in [0.4, 0.5) is 0 Å². The molecule has 3 aromatic rings. The van der Waals surface area contributed by atoms with E-state index in [9.17, 15) is 9.90 Å². The van der Waals surface area contributed by atoms with E-state index < -0.39 is 0 Å². The Labute approximate surface area is 172 Å². The van der Waals surface area contributed by atoms with Gasteiger partial charge in [0, 0.05) is 28.3 Å². The number of benzene rings is 2. The summed E-state index contributed by atoms with van der Waals surface area (Å²) in [5, 5.41) is 10.9. The second-order valence-electron chi connectivity index (χ2n) is 5.57. The Morgan fingerprint density at radius 2 is 1.68 bits per heavy atom. The topological polar surface area (TPSA) is 51.5 Å². The maximum Gasteiger partial charge on any atom is 0.262 e. The van der Waals surface area contributed by atoms with E-state index in [0.717, 1.165) is 27.9 Å². The molecular formula is C23H30ClNO3. The van der Waals surface area contributed by atoms with Crippen molar-refractivity contribution in [3.63, 3.8) is 0 Å². The van der Waals surface area contributed by atoms with E-state index in [1.165, 1.54) is 0 Å². The quantitative estimate of drug-likeness (QED) is 0.591. The summed E-state index contributed by atoms with van der Waals surface area (Å²) in [5.41, 5.74) is 3.14. The summed E-state index contributed by atoms with van der Waals surface area (Å²) in [6, 6.07) is 12.4. The van der Waals surface area contributed by atoms with Crippen molar-refractivity contribution in [3.05, 3.63) is 64.3 Å². The Balaban J connectivity index is 0.000000921. The summed E-state index contributed by atoms with van der Waals surface area (Å²) < 4.78 is 6.98. The highest BCUT2D eigenvalue weighted by Gasteiger charge is 2.20. The lowest BCUT2D eigenvalue weighted by Crippen LogP contribution is -2.13. The molecule has 0 saturated carbocycles. The van der Waals surface area contributed by atoms with Gasteiger partial charge in [-0.05, 0) is 61.4 Å². The number of carbonyl (C=O) groups excluding carboxylic acids is 1. The minimum Gasteiger partial charge on any atom is -0.497 e. The molecule has 0 atom stereocenters. The van der Waals surface area contributed by atoms with Gasteiger partial charge in [-0.15, -0.1) is 0 Å². The molecule has 4 nitrogen and oxygen atoms in total. The first-order chi connectivity index (χ1) is 13.6. The number of hydrogen-bond acceptors (Lipinski definition) is 3. The second-order valence-corrected chi connectivity index (χ2v) is 6.00. The molecule has 152 valence electrons. The summed E-state index contributed by atoms with van der Waals surface area (Å²) in [6.07, 6.45) is 0.483. The summed E-state index contributed by atoms with van der Waals surface area (Å²) in [6.45, 7) is 9.91. The maximum absolute atomic E-state index is 13.0. The highest BCUT2D eigenvalue weighted by Crippen LogP contribution is 2.30. The molecule has 1 heterocycles. The van der Waals surface area contributed by atoms with E-state index in [1.54, 1.807) is 35.9 Å². The molecule has 28 heavy (non-hydrogen) atoms. The molecule has 0 unspecified atom stereocenters. The normalized spacial score (nSPS) is 9.86. The van der Waals surface area contributed by atoms with Crippen LogP contribution in [-0.4, -0.2) is 29.3 Å². The molecule has 2 aromatic carbocycles. The fraction of sp³-hybridized carbons (Fsp3) is 0.348. The van der Waals surface area contributed by atoms with Crippen molar-refractivity contribution in [3.8, 4) is 5.75 Å². The fourth-order valence-electron chi connectivity index (χ4n) is 3.00. The van der Waals surface area contributed by atoms with Crippen LogP contribution in [0.2, 0.25) is 5.02 Å². The number of hydrogen-bond donors (Lipinski definition) is 1. The number of nitrogens with zero attached hydrogens (tertiary/aromatic N) is 1. The molecule has 3 rings (SSSR count). The zero-order valence-electron chi connectivity index (χ0n) is 17.5. The molecule has 5 heteroatoms. The minimum absolute atomic E-state index is 0.0201. The Hall–Kier alpha value is -2.30. The second kappa shape index (κ2) is 11.5. The molecule has 0 spiro atoms. The first kappa shape index (κ1) is 23.7. The SMILES string of the molecule is CC.CC.COc1ccc2c(c1)c(CCO)c(C)n2C(=O)c1ccc(Cl)cc1. The zero-order valence-corrected chi connectivity index (χ0v) is 18.3. The van der Waals surface area contributed by atoms with Gasteiger partial charge in [-0.1, -0.05) is 39.3 Å². The summed E-state index contributed by atoms with van der Waals surface area (Å²) in [7, 11) is 1.61. The van der Waals surface area contributed by atoms with Gasteiger partial charge in [-0.25, -0.2) is 0 Å². The standard InChI is InChI=1S/C19H18ClNO3.2C2H6/c1-12-16(9-10-22)17-11-15(24-2)7-8-18(17)21(12)19(23)13-3-5-14(20)6-4-13;2*1-2/h3-8,11,22H,9-10H2,1-2H3;2*1-2H3. The molecule has 0 fully saturated rings. The van der Waals surface area contributed by atoms with E-state index in [0.29, 0.717) is 17.0 Å². The van der Waals surface area contributed by atoms with Crippen LogP contribution in [0.25, 0.3) is 10.9 Å². The average Bonchev–Trinajstić information content (AvgIpc) is 3.02. The van der Waals surface area contributed by atoms with E-state index in [4.69, 9.17) is 16.3 Å². The van der Waals surface area contributed by atoms with E-state index >= 15 is 0 Å². The Morgan fingerprint density at radius 3 is 2.21 bits per heavy atom. The molecular weight excluding hydrogens is 374 g/mol. The number of aliphatic hydroxyl groups excluding tert-OH is 1. The van der Waals surface area contributed by atoms with Crippen molar-refractivity contribution < 1.29 is 14.6 Å². The monoisotopic (exact) mass is 403 g/mol. The van der Waals surface area contributed by atoms with Gasteiger partial charge in [-0.3, -0.25) is 9.36 Å². The van der Waals surface area contributed by atoms with Crippen molar-refractivity contribution in [1.29, 1.82) is 0 Å². The van der Waals surface area contributed by atoms with Crippen molar-refractivity contribution in [2.24, 2.45) is 0 Å². The van der Waals surface area contributed by atoms with E-state index in [2.05, 4.69) is 0 Å². The minimum atomic E-state index is -0.122. The molecule has 0 bridgehead atoms. The smallest absolute Gasteiger partial charge is 0.262 e. The van der Waals surface area contributed by atoms with Crippen molar-refractivity contribution in [1.82, 2.24) is 4.57 Å². The predicted molar refractivity (Wildman–Crippen MR) is 118 cm³/mol. The highest BCUT2D eigenvalue weighted by molar-refractivity contribution is 6.30. The molecule has 0 aliphatic carbocycles. The Kier molecular flexibility index (Phi) is 9.77. The van der Waals surface area contributed by atoms with Crippen LogP contribution in [0.15, 0.2) is 42.5 Å². The van der Waals surface area contributed by atoms with Crippen LogP contribution in [0.1, 0.15) is 49.3 Å². The Morgan fingerprint density at radius 1 is 1.07 bits per heavy atom. The maximum atomic E-state index is 13.0. The fourth-order valence-corrected chi connectivity index (χ4v) is 3.13. The third kappa shape index (κ3) is 4.94. The number of rotatable bonds is 4. The van der Waals surface area contributed by atoms with E-state index in [1.807, 2.05) is 52.8 Å². The lowest BCUT2D eigenvalue weighted by atomic mass is 10.1. The van der Waals surface area contributed by atoms with Gasteiger partial charge in [0.05, 0.1) is 12.6 Å². The van der Waals surface area contributed by atoms with Crippen LogP contribution in [0.3, 0.4) is 0 Å². The predicted octanol–water partition coefficient (Wildman–Crippen LogP) is 5.89. The first-order valence-corrected chi connectivity index (χ1v) is 10.0. The van der Waals surface area contributed by atoms with Crippen molar-refractivity contribution in [2.75, 3.05) is 13.7 Å². The third-order valence-corrected chi connectivity index (χ3v) is 4.45. The van der Waals surface area contributed by atoms with Gasteiger partial charge in [0.15, 0.2) is 0 Å². The van der Waals surface area contributed by atoms with Crippen LogP contribution >= 0.6 is 11.6 Å². The van der Waals surface area contributed by atoms with Crippen LogP contribution < -0.4 is 4.74 Å². The van der Waals surface area contributed by atoms with Crippen LogP contribution in [0, 0.1) is 6.92 Å². The lowest BCUT2D eigenvalue weighted by molar-refractivity contribution is 0.0963. The number of fused-ring (bicyclic) bond motifs is 1. The van der Waals surface area contributed by atoms with Gasteiger partial charge in [0.2, 0.25) is 0 Å². The van der Waals surface area contributed by atoms with Crippen molar-refractivity contribution in [2.45, 2.75) is 41.0 Å². The van der Waals surface area contributed by atoms with Gasteiger partial charge in [-0.2, -0.15) is 0 Å². The molecule has 0 aliphatic heterocycles. The molecule has 0 aliphatic rings. The van der Waals surface area contributed by atoms with Gasteiger partial charge in [0.1, 0.15) is 5.75 Å². The molecule has 0 amide bonds. The number of methoxy groups -OCH3 is 1. The third-order valence-electron chi connectivity index (χ3n) is 4.20. The van der Waals surface area contributed by atoms with Crippen LogP contribution in [0.5, 0.6) is 5.75 Å². The average molecular weight is 404 g/mol. The number of aliphatic hydroxyl groups is 1. The Bertz CT molecular complexity index is 898. The molecule has 1 aromatic heterocycles. The highest BCUT2D eigenvalue weighted by atomic mass is 35.5. The van der Waals surface area contributed by atoms with Gasteiger partial charge < -0.3 is 9.84 Å². The van der Waals surface area contributed by atoms with Crippen LogP contribution in [-0.2, 0) is 6.42 Å². The van der Waals surface area contributed by atoms with Crippen molar-refractivity contribution >= 4 is 28.4 Å². The summed E-state index contributed by atoms with van der Waals surface area (Å²) in [5.74, 6) is 0.598. The number of carbonyl (C=O) groups is 1. The molecule has 0 saturated heterocycles. The van der Waals surface area contributed by atoms with E-state index in [-0.39, 0.29) is 12.5 Å². The molecule has 0 radical (unpaired) electrons. The zero-order chi connectivity index (χ0) is 21.3. The molecule has 1 N–H and O–H groups in total. The van der Waals surface area contributed by atoms with Gasteiger partial charge in [0.25, 0.3) is 5.91 Å². The number of aromatic nitrogens is 1. The first-order valence-electron chi connectivity index (χ1n) is 9.66. The number of halogens is 1. The summed E-state index contributed by atoms with van der Waals surface area (Å²) >= 11 is 5.91. The van der Waals surface area contributed by atoms with Gasteiger partial charge >= 0.3 is 0 Å².